The van der Waals surface area contributed by atoms with E-state index in [0.717, 1.165) is 31.4 Å². The standard InChI is InChI=1S/C23H22ClN7O3/c24-15-11-14(34-13-7-9-26-10-8-13)5-6-16(15)28-22(33)20-19(21(25)32)27-12-31(20)23-29-17-3-1-2-4-18(17)30-23/h1-6,11-13,26H,7-10H2,(H2,25,32)(H,28,33)(H,29,30). The molecule has 0 saturated carbocycles. The van der Waals surface area contributed by atoms with Crippen molar-refractivity contribution in [1.29, 1.82) is 0 Å². The summed E-state index contributed by atoms with van der Waals surface area (Å²) in [5.74, 6) is -0.499. The van der Waals surface area contributed by atoms with Crippen molar-refractivity contribution in [1.82, 2.24) is 24.8 Å². The third-order valence-corrected chi connectivity index (χ3v) is 5.91. The second-order valence-electron chi connectivity index (χ2n) is 7.92. The number of piperidine rings is 1. The van der Waals surface area contributed by atoms with Gasteiger partial charge in [-0.05, 0) is 50.2 Å². The number of rotatable bonds is 6. The van der Waals surface area contributed by atoms with Gasteiger partial charge in [-0.25, -0.2) is 9.97 Å². The highest BCUT2D eigenvalue weighted by Gasteiger charge is 2.25. The summed E-state index contributed by atoms with van der Waals surface area (Å²) in [7, 11) is 0. The van der Waals surface area contributed by atoms with Crippen LogP contribution in [0.2, 0.25) is 5.02 Å². The Morgan fingerprint density at radius 1 is 1.18 bits per heavy atom. The molecule has 5 rings (SSSR count). The SMILES string of the molecule is NC(=O)c1ncn(-c2nc3ccccc3[nH]2)c1C(=O)Nc1ccc(OC2CCNCC2)cc1Cl. The first kappa shape index (κ1) is 21.9. The van der Waals surface area contributed by atoms with Gasteiger partial charge in [-0.1, -0.05) is 23.7 Å². The van der Waals surface area contributed by atoms with Crippen molar-refractivity contribution >= 4 is 40.1 Å². The monoisotopic (exact) mass is 479 g/mol. The summed E-state index contributed by atoms with van der Waals surface area (Å²) in [4.78, 5) is 36.9. The van der Waals surface area contributed by atoms with Crippen molar-refractivity contribution in [2.75, 3.05) is 18.4 Å². The van der Waals surface area contributed by atoms with Crippen LogP contribution < -0.4 is 21.1 Å². The Kier molecular flexibility index (Phi) is 5.91. The minimum absolute atomic E-state index is 0.0577. The molecule has 1 saturated heterocycles. The van der Waals surface area contributed by atoms with E-state index in [4.69, 9.17) is 22.1 Å². The Bertz CT molecular complexity index is 1340. The molecule has 0 spiro atoms. The van der Waals surface area contributed by atoms with Crippen molar-refractivity contribution in [2.24, 2.45) is 5.73 Å². The highest BCUT2D eigenvalue weighted by Crippen LogP contribution is 2.29. The average molecular weight is 480 g/mol. The molecule has 2 aromatic heterocycles. The summed E-state index contributed by atoms with van der Waals surface area (Å²) in [5, 5.41) is 6.33. The number of carbonyl (C=O) groups excluding carboxylic acids is 2. The van der Waals surface area contributed by atoms with Gasteiger partial charge in [0.05, 0.1) is 21.7 Å². The zero-order valence-electron chi connectivity index (χ0n) is 18.0. The van der Waals surface area contributed by atoms with Crippen LogP contribution in [0.25, 0.3) is 17.0 Å². The van der Waals surface area contributed by atoms with Gasteiger partial charge < -0.3 is 26.1 Å². The van der Waals surface area contributed by atoms with E-state index in [1.54, 1.807) is 18.2 Å². The molecule has 1 aliphatic heterocycles. The Balaban J connectivity index is 1.42. The maximum atomic E-state index is 13.2. The highest BCUT2D eigenvalue weighted by atomic mass is 35.5. The molecule has 5 N–H and O–H groups in total. The van der Waals surface area contributed by atoms with Crippen molar-refractivity contribution in [3.8, 4) is 11.7 Å². The van der Waals surface area contributed by atoms with E-state index >= 15 is 0 Å². The van der Waals surface area contributed by atoms with Gasteiger partial charge in [-0.2, -0.15) is 0 Å². The maximum Gasteiger partial charge on any atom is 0.275 e. The van der Waals surface area contributed by atoms with E-state index in [0.29, 0.717) is 27.9 Å². The first-order valence-electron chi connectivity index (χ1n) is 10.8. The van der Waals surface area contributed by atoms with E-state index in [2.05, 4.69) is 25.6 Å². The van der Waals surface area contributed by atoms with Crippen molar-refractivity contribution in [3.05, 3.63) is 65.2 Å². The molecule has 34 heavy (non-hydrogen) atoms. The van der Waals surface area contributed by atoms with Gasteiger partial charge in [0.2, 0.25) is 5.95 Å². The molecule has 11 heteroatoms. The molecule has 4 aromatic rings. The molecule has 0 radical (unpaired) electrons. The molecule has 2 amide bonds. The number of hydrogen-bond acceptors (Lipinski definition) is 6. The molecular weight excluding hydrogens is 458 g/mol. The van der Waals surface area contributed by atoms with Crippen molar-refractivity contribution in [3.63, 3.8) is 0 Å². The fourth-order valence-corrected chi connectivity index (χ4v) is 4.14. The molecule has 1 aliphatic rings. The third-order valence-electron chi connectivity index (χ3n) is 5.60. The number of benzene rings is 2. The van der Waals surface area contributed by atoms with E-state index in [1.165, 1.54) is 10.9 Å². The molecule has 0 bridgehead atoms. The number of nitrogens with zero attached hydrogens (tertiary/aromatic N) is 3. The molecule has 0 unspecified atom stereocenters. The Labute approximate surface area is 199 Å². The van der Waals surface area contributed by atoms with Gasteiger partial charge in [-0.15, -0.1) is 0 Å². The number of nitrogens with two attached hydrogens (primary N) is 1. The molecule has 174 valence electrons. The number of fused-ring (bicyclic) bond motifs is 1. The molecule has 1 fully saturated rings. The second-order valence-corrected chi connectivity index (χ2v) is 8.32. The van der Waals surface area contributed by atoms with Crippen LogP contribution in [0.4, 0.5) is 5.69 Å². The number of amides is 2. The topological polar surface area (TPSA) is 140 Å². The Morgan fingerprint density at radius 2 is 1.97 bits per heavy atom. The number of nitrogens with one attached hydrogen (secondary N) is 3. The van der Waals surface area contributed by atoms with Crippen LogP contribution in [0.3, 0.4) is 0 Å². The van der Waals surface area contributed by atoms with Crippen LogP contribution in [-0.2, 0) is 0 Å². The minimum atomic E-state index is -0.836. The van der Waals surface area contributed by atoms with E-state index in [1.807, 2.05) is 24.3 Å². The van der Waals surface area contributed by atoms with Gasteiger partial charge in [0.25, 0.3) is 11.8 Å². The predicted molar refractivity (Wildman–Crippen MR) is 128 cm³/mol. The van der Waals surface area contributed by atoms with Crippen LogP contribution in [0, 0.1) is 0 Å². The van der Waals surface area contributed by atoms with Gasteiger partial charge in [0.1, 0.15) is 23.9 Å². The van der Waals surface area contributed by atoms with Crippen LogP contribution in [-0.4, -0.2) is 50.5 Å². The number of aromatic amines is 1. The number of ether oxygens (including phenoxy) is 1. The van der Waals surface area contributed by atoms with E-state index < -0.39 is 11.8 Å². The lowest BCUT2D eigenvalue weighted by Crippen LogP contribution is -2.34. The first-order valence-corrected chi connectivity index (χ1v) is 11.2. The summed E-state index contributed by atoms with van der Waals surface area (Å²) >= 11 is 6.43. The first-order chi connectivity index (χ1) is 16.5. The number of primary amides is 1. The second kappa shape index (κ2) is 9.16. The van der Waals surface area contributed by atoms with Crippen LogP contribution in [0.5, 0.6) is 5.75 Å². The lowest BCUT2D eigenvalue weighted by molar-refractivity contribution is 0.0971. The summed E-state index contributed by atoms with van der Waals surface area (Å²) < 4.78 is 7.39. The largest absolute Gasteiger partial charge is 0.490 e. The lowest BCUT2D eigenvalue weighted by atomic mass is 10.1. The minimum Gasteiger partial charge on any atom is -0.490 e. The number of carbonyl (C=O) groups is 2. The molecule has 10 nitrogen and oxygen atoms in total. The van der Waals surface area contributed by atoms with Gasteiger partial charge >= 0.3 is 0 Å². The van der Waals surface area contributed by atoms with Crippen LogP contribution in [0.15, 0.2) is 48.8 Å². The number of aromatic nitrogens is 4. The zero-order valence-corrected chi connectivity index (χ0v) is 18.8. The molecule has 0 atom stereocenters. The number of anilines is 1. The smallest absolute Gasteiger partial charge is 0.275 e. The third kappa shape index (κ3) is 4.33. The number of imidazole rings is 2. The number of para-hydroxylation sites is 2. The summed E-state index contributed by atoms with van der Waals surface area (Å²) in [6.07, 6.45) is 3.27. The number of H-pyrrole nitrogens is 1. The molecule has 3 heterocycles. The van der Waals surface area contributed by atoms with Crippen molar-refractivity contribution < 1.29 is 14.3 Å². The number of hydrogen-bond donors (Lipinski definition) is 4. The fraction of sp³-hybridized carbons (Fsp3) is 0.217. The molecule has 2 aromatic carbocycles. The van der Waals surface area contributed by atoms with E-state index in [9.17, 15) is 9.59 Å². The highest BCUT2D eigenvalue weighted by molar-refractivity contribution is 6.34. The van der Waals surface area contributed by atoms with E-state index in [-0.39, 0.29) is 17.5 Å². The van der Waals surface area contributed by atoms with Gasteiger partial charge in [-0.3, -0.25) is 14.2 Å². The van der Waals surface area contributed by atoms with Gasteiger partial charge in [0, 0.05) is 6.07 Å². The van der Waals surface area contributed by atoms with Crippen LogP contribution in [0.1, 0.15) is 33.8 Å². The average Bonchev–Trinajstić information content (AvgIpc) is 3.46. The summed E-state index contributed by atoms with van der Waals surface area (Å²) in [6, 6.07) is 12.5. The normalized spacial score (nSPS) is 14.3. The quantitative estimate of drug-likeness (QED) is 0.335. The van der Waals surface area contributed by atoms with Crippen LogP contribution >= 0.6 is 11.6 Å². The lowest BCUT2D eigenvalue weighted by Gasteiger charge is -2.24. The fourth-order valence-electron chi connectivity index (χ4n) is 3.92. The van der Waals surface area contributed by atoms with Gasteiger partial charge in [0.15, 0.2) is 5.69 Å². The Morgan fingerprint density at radius 3 is 2.71 bits per heavy atom. The molecule has 0 aliphatic carbocycles. The Hall–Kier alpha value is -3.89. The maximum absolute atomic E-state index is 13.2. The summed E-state index contributed by atoms with van der Waals surface area (Å²) in [6.45, 7) is 1.82. The summed E-state index contributed by atoms with van der Waals surface area (Å²) in [5.41, 5.74) is 7.07. The molecular formula is C23H22ClN7O3. The number of halogens is 1. The predicted octanol–water partition coefficient (Wildman–Crippen LogP) is 2.88. The van der Waals surface area contributed by atoms with Crippen molar-refractivity contribution in [2.45, 2.75) is 18.9 Å². The zero-order chi connectivity index (χ0) is 23.7.